The van der Waals surface area contributed by atoms with E-state index in [2.05, 4.69) is 43.6 Å². The molecule has 3 heteroatoms. The molecule has 0 radical (unpaired) electrons. The Labute approximate surface area is 105 Å². The van der Waals surface area contributed by atoms with E-state index in [-0.39, 0.29) is 5.54 Å². The van der Waals surface area contributed by atoms with E-state index in [4.69, 9.17) is 5.26 Å². The third-order valence-electron chi connectivity index (χ3n) is 2.87. The van der Waals surface area contributed by atoms with E-state index in [9.17, 15) is 0 Å². The molecular formula is C14H25N3. The average Bonchev–Trinajstić information content (AvgIpc) is 3.04. The van der Waals surface area contributed by atoms with Crippen molar-refractivity contribution >= 4 is 0 Å². The van der Waals surface area contributed by atoms with Crippen molar-refractivity contribution in [1.29, 1.82) is 5.26 Å². The van der Waals surface area contributed by atoms with E-state index in [1.54, 1.807) is 0 Å². The lowest BCUT2D eigenvalue weighted by molar-refractivity contribution is 0.288. The van der Waals surface area contributed by atoms with Crippen LogP contribution in [0.3, 0.4) is 0 Å². The minimum atomic E-state index is 0.139. The number of nitrogens with zero attached hydrogens (tertiary/aromatic N) is 2. The molecule has 0 aromatic rings. The van der Waals surface area contributed by atoms with Crippen LogP contribution in [-0.2, 0) is 0 Å². The molecule has 0 aromatic carbocycles. The number of hydrogen-bond donors (Lipinski definition) is 1. The van der Waals surface area contributed by atoms with Crippen molar-refractivity contribution in [2.45, 2.75) is 51.6 Å². The maximum atomic E-state index is 8.65. The molecule has 0 aliphatic heterocycles. The van der Waals surface area contributed by atoms with Crippen molar-refractivity contribution in [3.8, 4) is 6.07 Å². The van der Waals surface area contributed by atoms with E-state index >= 15 is 0 Å². The van der Waals surface area contributed by atoms with Crippen molar-refractivity contribution in [2.75, 3.05) is 19.6 Å². The molecular weight excluding hydrogens is 210 g/mol. The first-order valence-corrected chi connectivity index (χ1v) is 6.45. The van der Waals surface area contributed by atoms with Crippen LogP contribution in [0.2, 0.25) is 0 Å². The van der Waals surface area contributed by atoms with E-state index in [1.165, 1.54) is 18.4 Å². The molecule has 0 spiro atoms. The summed E-state index contributed by atoms with van der Waals surface area (Å²) in [5, 5.41) is 12.1. The standard InChI is InChI=1S/C14H25N3/c1-12(10-16-14(2,3)4)11-17(9-5-8-15)13-6-7-13/h13,16H,1,5-7,9-11H2,2-4H3. The molecule has 1 fully saturated rings. The SMILES string of the molecule is C=C(CNC(C)(C)C)CN(CCC#N)C1CC1. The quantitative estimate of drug-likeness (QED) is 0.688. The van der Waals surface area contributed by atoms with Gasteiger partial charge in [0.1, 0.15) is 0 Å². The summed E-state index contributed by atoms with van der Waals surface area (Å²) < 4.78 is 0. The number of nitrogens with one attached hydrogen (secondary N) is 1. The normalized spacial score (nSPS) is 15.9. The first-order chi connectivity index (χ1) is 7.92. The maximum absolute atomic E-state index is 8.65. The van der Waals surface area contributed by atoms with Crippen molar-refractivity contribution in [1.82, 2.24) is 10.2 Å². The number of rotatable bonds is 7. The number of nitriles is 1. The highest BCUT2D eigenvalue weighted by atomic mass is 15.2. The topological polar surface area (TPSA) is 39.1 Å². The molecule has 0 aromatic heterocycles. The molecule has 1 N–H and O–H groups in total. The summed E-state index contributed by atoms with van der Waals surface area (Å²) in [4.78, 5) is 2.40. The summed E-state index contributed by atoms with van der Waals surface area (Å²) in [5.74, 6) is 0. The molecule has 0 heterocycles. The van der Waals surface area contributed by atoms with Gasteiger partial charge in [0.2, 0.25) is 0 Å². The highest BCUT2D eigenvalue weighted by Crippen LogP contribution is 2.27. The molecule has 1 aliphatic rings. The van der Waals surface area contributed by atoms with E-state index in [1.807, 2.05) is 0 Å². The summed E-state index contributed by atoms with van der Waals surface area (Å²) in [6.07, 6.45) is 3.19. The van der Waals surface area contributed by atoms with Gasteiger partial charge in [0.05, 0.1) is 6.07 Å². The van der Waals surface area contributed by atoms with Crippen molar-refractivity contribution in [3.63, 3.8) is 0 Å². The van der Waals surface area contributed by atoms with Gasteiger partial charge in [-0.2, -0.15) is 5.26 Å². The Morgan fingerprint density at radius 3 is 2.59 bits per heavy atom. The summed E-state index contributed by atoms with van der Waals surface area (Å²) in [7, 11) is 0. The average molecular weight is 235 g/mol. The Balaban J connectivity index is 2.29. The zero-order valence-corrected chi connectivity index (χ0v) is 11.4. The molecule has 0 bridgehead atoms. The summed E-state index contributed by atoms with van der Waals surface area (Å²) in [6.45, 7) is 13.3. The predicted molar refractivity (Wildman–Crippen MR) is 71.7 cm³/mol. The second-order valence-corrected chi connectivity index (χ2v) is 5.96. The molecule has 1 rings (SSSR count). The molecule has 0 unspecified atom stereocenters. The van der Waals surface area contributed by atoms with Gasteiger partial charge in [-0.1, -0.05) is 6.58 Å². The Kier molecular flexibility index (Phi) is 5.17. The predicted octanol–water partition coefficient (Wildman–Crippen LogP) is 2.31. The first-order valence-electron chi connectivity index (χ1n) is 6.45. The van der Waals surface area contributed by atoms with Gasteiger partial charge in [0.15, 0.2) is 0 Å². The second-order valence-electron chi connectivity index (χ2n) is 5.96. The summed E-state index contributed by atoms with van der Waals surface area (Å²) in [6, 6.07) is 2.93. The van der Waals surface area contributed by atoms with Crippen LogP contribution in [0, 0.1) is 11.3 Å². The summed E-state index contributed by atoms with van der Waals surface area (Å²) in [5.41, 5.74) is 1.35. The van der Waals surface area contributed by atoms with Crippen molar-refractivity contribution < 1.29 is 0 Å². The Morgan fingerprint density at radius 2 is 2.12 bits per heavy atom. The minimum absolute atomic E-state index is 0.139. The minimum Gasteiger partial charge on any atom is -0.308 e. The third kappa shape index (κ3) is 6.45. The fourth-order valence-corrected chi connectivity index (χ4v) is 1.76. The lowest BCUT2D eigenvalue weighted by atomic mass is 10.1. The Bertz CT molecular complexity index is 292. The van der Waals surface area contributed by atoms with Crippen LogP contribution in [0.15, 0.2) is 12.2 Å². The van der Waals surface area contributed by atoms with Gasteiger partial charge >= 0.3 is 0 Å². The van der Waals surface area contributed by atoms with Gasteiger partial charge in [-0.15, -0.1) is 0 Å². The smallest absolute Gasteiger partial charge is 0.0635 e. The van der Waals surface area contributed by atoms with Gasteiger partial charge in [0, 0.05) is 37.6 Å². The van der Waals surface area contributed by atoms with Crippen LogP contribution in [0.1, 0.15) is 40.0 Å². The van der Waals surface area contributed by atoms with E-state index in [0.717, 1.165) is 19.6 Å². The van der Waals surface area contributed by atoms with Gasteiger partial charge in [-0.25, -0.2) is 0 Å². The van der Waals surface area contributed by atoms with Gasteiger partial charge in [-0.3, -0.25) is 4.90 Å². The van der Waals surface area contributed by atoms with E-state index in [0.29, 0.717) is 12.5 Å². The Morgan fingerprint density at radius 1 is 1.47 bits per heavy atom. The fourth-order valence-electron chi connectivity index (χ4n) is 1.76. The molecule has 0 amide bonds. The second kappa shape index (κ2) is 6.18. The highest BCUT2D eigenvalue weighted by molar-refractivity contribution is 5.03. The van der Waals surface area contributed by atoms with Crippen LogP contribution < -0.4 is 5.32 Å². The lowest BCUT2D eigenvalue weighted by Crippen LogP contribution is -2.39. The molecule has 3 nitrogen and oxygen atoms in total. The monoisotopic (exact) mass is 235 g/mol. The van der Waals surface area contributed by atoms with Crippen LogP contribution in [0.4, 0.5) is 0 Å². The largest absolute Gasteiger partial charge is 0.308 e. The van der Waals surface area contributed by atoms with E-state index < -0.39 is 0 Å². The zero-order valence-electron chi connectivity index (χ0n) is 11.4. The maximum Gasteiger partial charge on any atom is 0.0635 e. The van der Waals surface area contributed by atoms with Gasteiger partial charge < -0.3 is 5.32 Å². The number of hydrogen-bond acceptors (Lipinski definition) is 3. The fraction of sp³-hybridized carbons (Fsp3) is 0.786. The van der Waals surface area contributed by atoms with Crippen LogP contribution in [0.5, 0.6) is 0 Å². The lowest BCUT2D eigenvalue weighted by Gasteiger charge is -2.25. The van der Waals surface area contributed by atoms with Crippen LogP contribution in [-0.4, -0.2) is 36.1 Å². The molecule has 1 saturated carbocycles. The molecule has 17 heavy (non-hydrogen) atoms. The summed E-state index contributed by atoms with van der Waals surface area (Å²) >= 11 is 0. The van der Waals surface area contributed by atoms with Crippen molar-refractivity contribution in [3.05, 3.63) is 12.2 Å². The third-order valence-corrected chi connectivity index (χ3v) is 2.87. The zero-order chi connectivity index (χ0) is 12.9. The molecule has 0 saturated heterocycles. The highest BCUT2D eigenvalue weighted by Gasteiger charge is 2.28. The van der Waals surface area contributed by atoms with Crippen LogP contribution >= 0.6 is 0 Å². The van der Waals surface area contributed by atoms with Crippen LogP contribution in [0.25, 0.3) is 0 Å². The van der Waals surface area contributed by atoms with Gasteiger partial charge in [-0.05, 0) is 39.2 Å². The molecule has 96 valence electrons. The van der Waals surface area contributed by atoms with Gasteiger partial charge in [0.25, 0.3) is 0 Å². The Hall–Kier alpha value is -0.850. The molecule has 1 aliphatic carbocycles. The van der Waals surface area contributed by atoms with Crippen molar-refractivity contribution in [2.24, 2.45) is 0 Å². The molecule has 0 atom stereocenters. The first kappa shape index (κ1) is 14.2.